The second-order valence-electron chi connectivity index (χ2n) is 7.86. The number of ether oxygens (including phenoxy) is 1. The minimum Gasteiger partial charge on any atom is -0.367 e. The largest absolute Gasteiger partial charge is 0.367 e. The van der Waals surface area contributed by atoms with Crippen molar-refractivity contribution >= 4 is 11.8 Å². The lowest BCUT2D eigenvalue weighted by Gasteiger charge is -2.24. The maximum atomic E-state index is 12.7. The molecule has 1 fully saturated rings. The monoisotopic (exact) mass is 433 g/mol. The van der Waals surface area contributed by atoms with Crippen molar-refractivity contribution in [3.05, 3.63) is 83.7 Å². The summed E-state index contributed by atoms with van der Waals surface area (Å²) < 4.78 is 7.25. The van der Waals surface area contributed by atoms with E-state index in [0.29, 0.717) is 26.2 Å². The van der Waals surface area contributed by atoms with Gasteiger partial charge in [-0.3, -0.25) is 9.59 Å². The van der Waals surface area contributed by atoms with Gasteiger partial charge in [0.1, 0.15) is 6.61 Å². The number of aromatic nitrogens is 3. The van der Waals surface area contributed by atoms with Gasteiger partial charge in [-0.1, -0.05) is 65.9 Å². The average molecular weight is 434 g/mol. The van der Waals surface area contributed by atoms with Crippen molar-refractivity contribution in [3.63, 3.8) is 0 Å². The predicted octanol–water partition coefficient (Wildman–Crippen LogP) is 2.42. The Kier molecular flexibility index (Phi) is 7.24. The van der Waals surface area contributed by atoms with Crippen molar-refractivity contribution in [2.45, 2.75) is 38.6 Å². The predicted molar refractivity (Wildman–Crippen MR) is 118 cm³/mol. The Labute approximate surface area is 187 Å². The molecule has 0 saturated carbocycles. The summed E-state index contributed by atoms with van der Waals surface area (Å²) >= 11 is 0. The van der Waals surface area contributed by atoms with E-state index in [-0.39, 0.29) is 30.2 Å². The Bertz CT molecular complexity index is 1020. The van der Waals surface area contributed by atoms with E-state index in [2.05, 4.69) is 15.6 Å². The normalized spacial score (nSPS) is 15.6. The molecule has 8 nitrogen and oxygen atoms in total. The minimum atomic E-state index is -0.270. The third-order valence-electron chi connectivity index (χ3n) is 5.50. The Morgan fingerprint density at radius 1 is 1.03 bits per heavy atom. The van der Waals surface area contributed by atoms with Crippen molar-refractivity contribution in [1.29, 1.82) is 0 Å². The van der Waals surface area contributed by atoms with Crippen LogP contribution in [0.15, 0.2) is 66.9 Å². The van der Waals surface area contributed by atoms with Gasteiger partial charge in [0.2, 0.25) is 5.91 Å². The number of carbonyl (C=O) groups excluding carboxylic acids is 2. The SMILES string of the molecule is O=C(NCc1ccccc1)c1cn(CC2CCCN2C(=O)COCc2ccccc2)nn1. The molecule has 1 aliphatic rings. The molecule has 1 saturated heterocycles. The summed E-state index contributed by atoms with van der Waals surface area (Å²) in [5, 5.41) is 10.9. The molecular weight excluding hydrogens is 406 g/mol. The molecule has 1 aliphatic heterocycles. The molecule has 1 unspecified atom stereocenters. The Balaban J connectivity index is 1.26. The van der Waals surface area contributed by atoms with Gasteiger partial charge in [0.15, 0.2) is 5.69 Å². The molecule has 1 N–H and O–H groups in total. The van der Waals surface area contributed by atoms with E-state index < -0.39 is 0 Å². The van der Waals surface area contributed by atoms with Crippen LogP contribution in [0.4, 0.5) is 0 Å². The molecule has 1 aromatic heterocycles. The van der Waals surface area contributed by atoms with Crippen LogP contribution >= 0.6 is 0 Å². The lowest BCUT2D eigenvalue weighted by molar-refractivity contribution is -0.137. The molecule has 0 radical (unpaired) electrons. The quantitative estimate of drug-likeness (QED) is 0.560. The van der Waals surface area contributed by atoms with Crippen LogP contribution in [-0.4, -0.2) is 50.9 Å². The minimum absolute atomic E-state index is 0.0183. The fourth-order valence-electron chi connectivity index (χ4n) is 3.84. The van der Waals surface area contributed by atoms with Gasteiger partial charge in [-0.2, -0.15) is 0 Å². The Morgan fingerprint density at radius 2 is 1.75 bits per heavy atom. The van der Waals surface area contributed by atoms with Gasteiger partial charge in [0.25, 0.3) is 5.91 Å². The maximum absolute atomic E-state index is 12.7. The third kappa shape index (κ3) is 5.79. The number of nitrogens with one attached hydrogen (secondary N) is 1. The molecule has 2 amide bonds. The molecule has 0 bridgehead atoms. The van der Waals surface area contributed by atoms with E-state index >= 15 is 0 Å². The summed E-state index contributed by atoms with van der Waals surface area (Å²) in [4.78, 5) is 26.9. The van der Waals surface area contributed by atoms with E-state index in [1.165, 1.54) is 0 Å². The number of amides is 2. The summed E-state index contributed by atoms with van der Waals surface area (Å²) in [6.45, 7) is 2.10. The zero-order valence-electron chi connectivity index (χ0n) is 17.9. The molecule has 3 aromatic rings. The highest BCUT2D eigenvalue weighted by Gasteiger charge is 2.29. The summed E-state index contributed by atoms with van der Waals surface area (Å²) in [6, 6.07) is 19.5. The highest BCUT2D eigenvalue weighted by atomic mass is 16.5. The molecule has 2 heterocycles. The lowest BCUT2D eigenvalue weighted by Crippen LogP contribution is -2.40. The standard InChI is InChI=1S/C24H27N5O3/c30-23(18-32-17-20-10-5-2-6-11-20)29-13-7-12-21(29)15-28-16-22(26-27-28)24(31)25-14-19-8-3-1-4-9-19/h1-6,8-11,16,21H,7,12-15,17-18H2,(H,25,31). The fourth-order valence-corrected chi connectivity index (χ4v) is 3.84. The smallest absolute Gasteiger partial charge is 0.273 e. The van der Waals surface area contributed by atoms with E-state index in [4.69, 9.17) is 4.74 Å². The van der Waals surface area contributed by atoms with Gasteiger partial charge in [0, 0.05) is 13.1 Å². The van der Waals surface area contributed by atoms with Crippen molar-refractivity contribution in [2.24, 2.45) is 0 Å². The van der Waals surface area contributed by atoms with E-state index in [1.807, 2.05) is 65.6 Å². The van der Waals surface area contributed by atoms with Crippen molar-refractivity contribution in [3.8, 4) is 0 Å². The van der Waals surface area contributed by atoms with E-state index in [1.54, 1.807) is 10.9 Å². The second kappa shape index (κ2) is 10.7. The first-order valence-electron chi connectivity index (χ1n) is 10.8. The fraction of sp³-hybridized carbons (Fsp3) is 0.333. The second-order valence-corrected chi connectivity index (χ2v) is 7.86. The molecule has 8 heteroatoms. The van der Waals surface area contributed by atoms with E-state index in [0.717, 1.165) is 24.0 Å². The molecule has 0 spiro atoms. The molecule has 32 heavy (non-hydrogen) atoms. The van der Waals surface area contributed by atoms with Gasteiger partial charge in [-0.25, -0.2) is 4.68 Å². The number of likely N-dealkylation sites (tertiary alicyclic amines) is 1. The van der Waals surface area contributed by atoms with Crippen LogP contribution in [0.25, 0.3) is 0 Å². The van der Waals surface area contributed by atoms with E-state index in [9.17, 15) is 9.59 Å². The summed E-state index contributed by atoms with van der Waals surface area (Å²) in [5.74, 6) is -0.293. The van der Waals surface area contributed by atoms with Crippen molar-refractivity contribution < 1.29 is 14.3 Å². The van der Waals surface area contributed by atoms with Crippen LogP contribution < -0.4 is 5.32 Å². The molecule has 1 atom stereocenters. The number of hydrogen-bond donors (Lipinski definition) is 1. The first-order valence-corrected chi connectivity index (χ1v) is 10.8. The molecular formula is C24H27N5O3. The van der Waals surface area contributed by atoms with Gasteiger partial charge in [-0.05, 0) is 24.0 Å². The van der Waals surface area contributed by atoms with Crippen LogP contribution in [0.3, 0.4) is 0 Å². The first kappa shape index (κ1) is 21.7. The lowest BCUT2D eigenvalue weighted by atomic mass is 10.2. The number of hydrogen-bond acceptors (Lipinski definition) is 5. The van der Waals surface area contributed by atoms with Crippen LogP contribution in [-0.2, 0) is 29.2 Å². The van der Waals surface area contributed by atoms with Gasteiger partial charge >= 0.3 is 0 Å². The summed E-state index contributed by atoms with van der Waals surface area (Å²) in [7, 11) is 0. The van der Waals surface area contributed by atoms with Crippen LogP contribution in [0.1, 0.15) is 34.5 Å². The Morgan fingerprint density at radius 3 is 2.50 bits per heavy atom. The van der Waals surface area contributed by atoms with Gasteiger partial charge in [-0.15, -0.1) is 5.10 Å². The topological polar surface area (TPSA) is 89.4 Å². The van der Waals surface area contributed by atoms with Crippen LogP contribution in [0, 0.1) is 0 Å². The van der Waals surface area contributed by atoms with Crippen LogP contribution in [0.2, 0.25) is 0 Å². The average Bonchev–Trinajstić information content (AvgIpc) is 3.49. The molecule has 166 valence electrons. The third-order valence-corrected chi connectivity index (χ3v) is 5.50. The van der Waals surface area contributed by atoms with Gasteiger partial charge in [0.05, 0.1) is 25.4 Å². The summed E-state index contributed by atoms with van der Waals surface area (Å²) in [6.07, 6.45) is 3.46. The van der Waals surface area contributed by atoms with Crippen LogP contribution in [0.5, 0.6) is 0 Å². The van der Waals surface area contributed by atoms with Gasteiger partial charge < -0.3 is 15.0 Å². The first-order chi connectivity index (χ1) is 15.7. The van der Waals surface area contributed by atoms with Crippen molar-refractivity contribution in [1.82, 2.24) is 25.2 Å². The number of carbonyl (C=O) groups is 2. The molecule has 4 rings (SSSR count). The van der Waals surface area contributed by atoms with Crippen molar-refractivity contribution in [2.75, 3.05) is 13.2 Å². The highest BCUT2D eigenvalue weighted by Crippen LogP contribution is 2.19. The number of rotatable bonds is 9. The number of nitrogens with zero attached hydrogens (tertiary/aromatic N) is 4. The maximum Gasteiger partial charge on any atom is 0.273 e. The Hall–Kier alpha value is -3.52. The zero-order chi connectivity index (χ0) is 22.2. The zero-order valence-corrected chi connectivity index (χ0v) is 17.9. The summed E-state index contributed by atoms with van der Waals surface area (Å²) in [5.41, 5.74) is 2.32. The molecule has 0 aliphatic carbocycles. The highest BCUT2D eigenvalue weighted by molar-refractivity contribution is 5.91. The molecule has 2 aromatic carbocycles. The number of benzene rings is 2.